The zero-order valence-electron chi connectivity index (χ0n) is 13.8. The first-order chi connectivity index (χ1) is 11.3. The molecule has 0 radical (unpaired) electrons. The molecule has 0 saturated carbocycles. The molecule has 126 valence electrons. The molecule has 23 heavy (non-hydrogen) atoms. The van der Waals surface area contributed by atoms with Gasteiger partial charge in [0, 0.05) is 13.5 Å². The SMILES string of the molecule is C=CC[C@@H](CC1(/C=C/c2ccccc2)SCCCS1)OCOC. The fraction of sp³-hybridized carbons (Fsp3) is 0.474. The third-order valence-electron chi connectivity index (χ3n) is 3.67. The van der Waals surface area contributed by atoms with Crippen LogP contribution in [0.1, 0.15) is 24.8 Å². The molecular weight excluding hydrogens is 324 g/mol. The van der Waals surface area contributed by atoms with Crippen LogP contribution in [0.2, 0.25) is 0 Å². The second kappa shape index (κ2) is 10.2. The molecule has 1 fully saturated rings. The van der Waals surface area contributed by atoms with Crippen molar-refractivity contribution in [3.05, 3.63) is 54.6 Å². The Morgan fingerprint density at radius 3 is 2.65 bits per heavy atom. The van der Waals surface area contributed by atoms with Gasteiger partial charge in [-0.3, -0.25) is 0 Å². The minimum Gasteiger partial charge on any atom is -0.359 e. The normalized spacial score (nSPS) is 18.8. The lowest BCUT2D eigenvalue weighted by molar-refractivity contribution is -0.0725. The summed E-state index contributed by atoms with van der Waals surface area (Å²) >= 11 is 4.08. The van der Waals surface area contributed by atoms with E-state index in [1.165, 1.54) is 23.5 Å². The quantitative estimate of drug-likeness (QED) is 0.449. The van der Waals surface area contributed by atoms with E-state index in [9.17, 15) is 0 Å². The Morgan fingerprint density at radius 2 is 2.00 bits per heavy atom. The van der Waals surface area contributed by atoms with E-state index in [2.05, 4.69) is 49.1 Å². The molecule has 4 heteroatoms. The number of thioether (sulfide) groups is 2. The van der Waals surface area contributed by atoms with Gasteiger partial charge >= 0.3 is 0 Å². The minimum absolute atomic E-state index is 0.0789. The smallest absolute Gasteiger partial charge is 0.146 e. The molecule has 0 bridgehead atoms. The molecule has 0 amide bonds. The van der Waals surface area contributed by atoms with E-state index < -0.39 is 0 Å². The average molecular weight is 351 g/mol. The van der Waals surface area contributed by atoms with Crippen LogP contribution >= 0.6 is 23.5 Å². The molecule has 0 N–H and O–H groups in total. The van der Waals surface area contributed by atoms with Gasteiger partial charge < -0.3 is 9.47 Å². The van der Waals surface area contributed by atoms with Gasteiger partial charge in [0.2, 0.25) is 0 Å². The Bertz CT molecular complexity index is 481. The van der Waals surface area contributed by atoms with Crippen molar-refractivity contribution in [1.29, 1.82) is 0 Å². The minimum atomic E-state index is 0.0789. The van der Waals surface area contributed by atoms with Crippen LogP contribution in [0.25, 0.3) is 6.08 Å². The second-order valence-electron chi connectivity index (χ2n) is 5.53. The number of ether oxygens (including phenoxy) is 2. The highest BCUT2D eigenvalue weighted by molar-refractivity contribution is 8.19. The first-order valence-electron chi connectivity index (χ1n) is 8.01. The van der Waals surface area contributed by atoms with Crippen molar-refractivity contribution in [3.63, 3.8) is 0 Å². The number of rotatable bonds is 9. The molecule has 1 aliphatic heterocycles. The maximum Gasteiger partial charge on any atom is 0.146 e. The Morgan fingerprint density at radius 1 is 1.26 bits per heavy atom. The summed E-state index contributed by atoms with van der Waals surface area (Å²) in [6, 6.07) is 10.5. The van der Waals surface area contributed by atoms with Crippen molar-refractivity contribution < 1.29 is 9.47 Å². The van der Waals surface area contributed by atoms with E-state index in [4.69, 9.17) is 9.47 Å². The Labute approximate surface area is 148 Å². The fourth-order valence-electron chi connectivity index (χ4n) is 2.54. The standard InChI is InChI=1S/C19H26O2S2/c1-3-8-18(21-16-20-2)15-19(22-13-7-14-23-19)12-11-17-9-5-4-6-10-17/h3-6,9-12,18H,1,7-8,13-16H2,2H3/b12-11+/t18-/m0/s1. The van der Waals surface area contributed by atoms with Crippen molar-refractivity contribution in [2.24, 2.45) is 0 Å². The van der Waals surface area contributed by atoms with Gasteiger partial charge in [-0.2, -0.15) is 0 Å². The molecule has 0 spiro atoms. The van der Waals surface area contributed by atoms with Gasteiger partial charge in [-0.05, 0) is 29.9 Å². The van der Waals surface area contributed by atoms with Crippen LogP contribution < -0.4 is 0 Å². The van der Waals surface area contributed by atoms with Crippen molar-refractivity contribution in [3.8, 4) is 0 Å². The Balaban J connectivity index is 2.10. The van der Waals surface area contributed by atoms with Crippen molar-refractivity contribution in [1.82, 2.24) is 0 Å². The molecule has 1 aliphatic rings. The molecule has 1 aromatic rings. The summed E-state index contributed by atoms with van der Waals surface area (Å²) in [7, 11) is 1.67. The van der Waals surface area contributed by atoms with E-state index >= 15 is 0 Å². The van der Waals surface area contributed by atoms with Crippen molar-refractivity contribution in [2.75, 3.05) is 25.4 Å². The van der Waals surface area contributed by atoms with Gasteiger partial charge in [0.15, 0.2) is 0 Å². The molecule has 1 saturated heterocycles. The van der Waals surface area contributed by atoms with Crippen molar-refractivity contribution in [2.45, 2.75) is 29.4 Å². The third kappa shape index (κ3) is 6.38. The molecule has 1 heterocycles. The Kier molecular flexibility index (Phi) is 8.31. The summed E-state index contributed by atoms with van der Waals surface area (Å²) in [5.74, 6) is 2.41. The highest BCUT2D eigenvalue weighted by atomic mass is 32.2. The lowest BCUT2D eigenvalue weighted by Gasteiger charge is -2.36. The van der Waals surface area contributed by atoms with Crippen molar-refractivity contribution >= 4 is 29.6 Å². The summed E-state index contributed by atoms with van der Waals surface area (Å²) in [6.45, 7) is 4.21. The van der Waals surface area contributed by atoms with Crippen LogP contribution in [0.15, 0.2) is 49.1 Å². The predicted octanol–water partition coefficient (Wildman–Crippen LogP) is 5.22. The van der Waals surface area contributed by atoms with Crippen LogP contribution in [0, 0.1) is 0 Å². The molecular formula is C19H26O2S2. The van der Waals surface area contributed by atoms with Crippen LogP contribution in [-0.2, 0) is 9.47 Å². The summed E-state index contributed by atoms with van der Waals surface area (Å²) < 4.78 is 11.0. The second-order valence-corrected chi connectivity index (χ2v) is 8.64. The highest BCUT2D eigenvalue weighted by Gasteiger charge is 2.34. The van der Waals surface area contributed by atoms with Crippen LogP contribution in [-0.4, -0.2) is 35.6 Å². The number of benzene rings is 1. The summed E-state index contributed by atoms with van der Waals surface area (Å²) in [5.41, 5.74) is 1.25. The van der Waals surface area contributed by atoms with Gasteiger partial charge in [0.1, 0.15) is 6.79 Å². The van der Waals surface area contributed by atoms with Gasteiger partial charge in [-0.15, -0.1) is 30.1 Å². The number of hydrogen-bond donors (Lipinski definition) is 0. The lowest BCUT2D eigenvalue weighted by atomic mass is 10.1. The van der Waals surface area contributed by atoms with Gasteiger partial charge in [0.05, 0.1) is 10.2 Å². The van der Waals surface area contributed by atoms with Gasteiger partial charge in [-0.1, -0.05) is 48.6 Å². The fourth-order valence-corrected chi connectivity index (χ4v) is 5.76. The monoisotopic (exact) mass is 350 g/mol. The van der Waals surface area contributed by atoms with E-state index in [-0.39, 0.29) is 10.2 Å². The zero-order valence-corrected chi connectivity index (χ0v) is 15.4. The summed E-state index contributed by atoms with van der Waals surface area (Å²) in [5, 5.41) is 0. The van der Waals surface area contributed by atoms with Crippen LogP contribution in [0.4, 0.5) is 0 Å². The first-order valence-corrected chi connectivity index (χ1v) is 9.99. The van der Waals surface area contributed by atoms with Crippen LogP contribution in [0.3, 0.4) is 0 Å². The maximum absolute atomic E-state index is 5.86. The molecule has 0 aromatic heterocycles. The topological polar surface area (TPSA) is 18.5 Å². The van der Waals surface area contributed by atoms with E-state index in [0.717, 1.165) is 12.8 Å². The molecule has 2 nitrogen and oxygen atoms in total. The average Bonchev–Trinajstić information content (AvgIpc) is 2.60. The molecule has 0 aliphatic carbocycles. The maximum atomic E-state index is 5.86. The molecule has 0 unspecified atom stereocenters. The van der Waals surface area contributed by atoms with Gasteiger partial charge in [-0.25, -0.2) is 0 Å². The van der Waals surface area contributed by atoms with E-state index in [1.54, 1.807) is 7.11 Å². The largest absolute Gasteiger partial charge is 0.359 e. The van der Waals surface area contributed by atoms with E-state index in [1.807, 2.05) is 29.6 Å². The highest BCUT2D eigenvalue weighted by Crippen LogP contribution is 2.47. The number of hydrogen-bond acceptors (Lipinski definition) is 4. The zero-order chi connectivity index (χ0) is 16.4. The van der Waals surface area contributed by atoms with E-state index in [0.29, 0.717) is 6.79 Å². The van der Waals surface area contributed by atoms with Crippen LogP contribution in [0.5, 0.6) is 0 Å². The first kappa shape index (κ1) is 18.7. The predicted molar refractivity (Wildman–Crippen MR) is 104 cm³/mol. The number of methoxy groups -OCH3 is 1. The lowest BCUT2D eigenvalue weighted by Crippen LogP contribution is -2.30. The molecule has 1 atom stereocenters. The van der Waals surface area contributed by atoms with Gasteiger partial charge in [0.25, 0.3) is 0 Å². The summed E-state index contributed by atoms with van der Waals surface area (Å²) in [6.07, 6.45) is 9.79. The molecule has 2 rings (SSSR count). The molecule has 1 aromatic carbocycles. The third-order valence-corrected chi connectivity index (χ3v) is 6.95. The summed E-state index contributed by atoms with van der Waals surface area (Å²) in [4.78, 5) is 0. The Hall–Kier alpha value is -0.680.